The van der Waals surface area contributed by atoms with Crippen molar-refractivity contribution in [1.29, 1.82) is 0 Å². The van der Waals surface area contributed by atoms with Gasteiger partial charge < -0.3 is 16.0 Å². The van der Waals surface area contributed by atoms with Crippen LogP contribution in [0.4, 0.5) is 13.2 Å². The zero-order valence-corrected chi connectivity index (χ0v) is 15.9. The van der Waals surface area contributed by atoms with Crippen LogP contribution in [-0.2, 0) is 4.79 Å². The molecule has 1 aliphatic rings. The fourth-order valence-electron chi connectivity index (χ4n) is 4.05. The van der Waals surface area contributed by atoms with Crippen molar-refractivity contribution in [2.45, 2.75) is 31.7 Å². The van der Waals surface area contributed by atoms with E-state index < -0.39 is 17.7 Å². The van der Waals surface area contributed by atoms with Gasteiger partial charge in [-0.05, 0) is 73.1 Å². The molecule has 1 aromatic heterocycles. The SMILES string of the molecule is C[C@@H](N)C(=O)NC[C@H]1C[C@H](c2c(-c3ccc(F)cc3)[nH]c3c(F)cc(F)cc32)C1. The highest BCUT2D eigenvalue weighted by atomic mass is 19.1. The van der Waals surface area contributed by atoms with E-state index in [1.807, 2.05) is 0 Å². The molecule has 1 saturated carbocycles. The third kappa shape index (κ3) is 3.74. The van der Waals surface area contributed by atoms with Crippen LogP contribution in [0.25, 0.3) is 22.2 Å². The quantitative estimate of drug-likeness (QED) is 0.599. The first-order valence-corrected chi connectivity index (χ1v) is 9.63. The van der Waals surface area contributed by atoms with Crippen LogP contribution in [0.3, 0.4) is 0 Å². The number of nitrogens with one attached hydrogen (secondary N) is 2. The van der Waals surface area contributed by atoms with Crippen LogP contribution >= 0.6 is 0 Å². The maximum atomic E-state index is 14.4. The maximum absolute atomic E-state index is 14.4. The second-order valence-electron chi connectivity index (χ2n) is 7.80. The minimum Gasteiger partial charge on any atom is -0.354 e. The second kappa shape index (κ2) is 7.55. The van der Waals surface area contributed by atoms with Gasteiger partial charge in [0.25, 0.3) is 0 Å². The van der Waals surface area contributed by atoms with Crippen molar-refractivity contribution in [1.82, 2.24) is 10.3 Å². The molecule has 152 valence electrons. The minimum atomic E-state index is -0.658. The average molecular weight is 401 g/mol. The monoisotopic (exact) mass is 401 g/mol. The molecule has 1 fully saturated rings. The van der Waals surface area contributed by atoms with Gasteiger partial charge in [0.15, 0.2) is 0 Å². The molecule has 4 rings (SSSR count). The third-order valence-electron chi connectivity index (χ3n) is 5.62. The number of aromatic amines is 1. The predicted molar refractivity (Wildman–Crippen MR) is 106 cm³/mol. The van der Waals surface area contributed by atoms with Gasteiger partial charge in [-0.1, -0.05) is 0 Å². The summed E-state index contributed by atoms with van der Waals surface area (Å²) in [6, 6.07) is 7.55. The lowest BCUT2D eigenvalue weighted by molar-refractivity contribution is -0.122. The van der Waals surface area contributed by atoms with Gasteiger partial charge in [-0.2, -0.15) is 0 Å². The Bertz CT molecular complexity index is 1050. The highest BCUT2D eigenvalue weighted by molar-refractivity contribution is 5.92. The van der Waals surface area contributed by atoms with Gasteiger partial charge >= 0.3 is 0 Å². The van der Waals surface area contributed by atoms with Crippen LogP contribution in [0.1, 0.15) is 31.2 Å². The van der Waals surface area contributed by atoms with E-state index >= 15 is 0 Å². The Kier molecular flexibility index (Phi) is 5.08. The van der Waals surface area contributed by atoms with Crippen LogP contribution in [-0.4, -0.2) is 23.5 Å². The number of H-pyrrole nitrogens is 1. The topological polar surface area (TPSA) is 70.9 Å². The van der Waals surface area contributed by atoms with E-state index in [2.05, 4.69) is 10.3 Å². The largest absolute Gasteiger partial charge is 0.354 e. The van der Waals surface area contributed by atoms with E-state index in [9.17, 15) is 18.0 Å². The first-order valence-electron chi connectivity index (χ1n) is 9.63. The number of rotatable bonds is 5. The molecule has 0 saturated heterocycles. The molecular weight excluding hydrogens is 379 g/mol. The van der Waals surface area contributed by atoms with Crippen molar-refractivity contribution in [3.05, 3.63) is 59.4 Å². The Labute approximate surface area is 166 Å². The van der Waals surface area contributed by atoms with E-state index in [1.165, 1.54) is 18.2 Å². The van der Waals surface area contributed by atoms with Gasteiger partial charge in [-0.25, -0.2) is 13.2 Å². The number of aromatic nitrogens is 1. The molecular formula is C22H22F3N3O. The van der Waals surface area contributed by atoms with Gasteiger partial charge in [0, 0.05) is 18.0 Å². The van der Waals surface area contributed by atoms with E-state index in [4.69, 9.17) is 5.73 Å². The number of carbonyl (C=O) groups is 1. The first kappa shape index (κ1) is 19.5. The zero-order chi connectivity index (χ0) is 20.7. The summed E-state index contributed by atoms with van der Waals surface area (Å²) < 4.78 is 41.7. The molecule has 1 heterocycles. The van der Waals surface area contributed by atoms with E-state index in [-0.39, 0.29) is 29.1 Å². The molecule has 4 nitrogen and oxygen atoms in total. The molecule has 4 N–H and O–H groups in total. The van der Waals surface area contributed by atoms with Gasteiger partial charge in [0.2, 0.25) is 5.91 Å². The Morgan fingerprint density at radius 2 is 1.86 bits per heavy atom. The summed E-state index contributed by atoms with van der Waals surface area (Å²) in [6.07, 6.45) is 1.55. The lowest BCUT2D eigenvalue weighted by atomic mass is 9.70. The molecule has 29 heavy (non-hydrogen) atoms. The third-order valence-corrected chi connectivity index (χ3v) is 5.62. The van der Waals surface area contributed by atoms with Crippen molar-refractivity contribution < 1.29 is 18.0 Å². The lowest BCUT2D eigenvalue weighted by Gasteiger charge is -2.36. The van der Waals surface area contributed by atoms with Crippen molar-refractivity contribution in [3.63, 3.8) is 0 Å². The summed E-state index contributed by atoms with van der Waals surface area (Å²) >= 11 is 0. The average Bonchev–Trinajstić information content (AvgIpc) is 3.00. The van der Waals surface area contributed by atoms with Crippen molar-refractivity contribution in [3.8, 4) is 11.3 Å². The summed E-state index contributed by atoms with van der Waals surface area (Å²) in [5.74, 6) is -1.50. The fourth-order valence-corrected chi connectivity index (χ4v) is 4.05. The number of amides is 1. The fraction of sp³-hybridized carbons (Fsp3) is 0.318. The zero-order valence-electron chi connectivity index (χ0n) is 15.9. The molecule has 0 spiro atoms. The molecule has 1 aliphatic carbocycles. The number of hydrogen-bond acceptors (Lipinski definition) is 2. The standard InChI is InChI=1S/C22H22F3N3O/c1-11(26)22(29)27-10-12-6-14(7-12)19-17-8-16(24)9-18(25)21(17)28-20(19)13-2-4-15(23)5-3-13/h2-5,8-9,11-12,14,28H,6-7,10,26H2,1H3,(H,27,29)/t11-,12-,14-/m1/s1. The number of benzene rings is 2. The van der Waals surface area contributed by atoms with Crippen molar-refractivity contribution >= 4 is 16.8 Å². The lowest BCUT2D eigenvalue weighted by Crippen LogP contribution is -2.42. The number of hydrogen-bond donors (Lipinski definition) is 3. The van der Waals surface area contributed by atoms with E-state index in [1.54, 1.807) is 19.1 Å². The van der Waals surface area contributed by atoms with Gasteiger partial charge in [-0.15, -0.1) is 0 Å². The molecule has 0 bridgehead atoms. The van der Waals surface area contributed by atoms with Crippen molar-refractivity contribution in [2.24, 2.45) is 11.7 Å². The predicted octanol–water partition coefficient (Wildman–Crippen LogP) is 4.21. The Morgan fingerprint density at radius 1 is 1.17 bits per heavy atom. The summed E-state index contributed by atoms with van der Waals surface area (Å²) in [5.41, 5.74) is 8.02. The highest BCUT2D eigenvalue weighted by Gasteiger charge is 2.34. The molecule has 1 atom stereocenters. The summed E-state index contributed by atoms with van der Waals surface area (Å²) in [4.78, 5) is 14.7. The highest BCUT2D eigenvalue weighted by Crippen LogP contribution is 2.48. The molecule has 1 amide bonds. The van der Waals surface area contributed by atoms with Crippen LogP contribution in [0.5, 0.6) is 0 Å². The van der Waals surface area contributed by atoms with Gasteiger partial charge in [-0.3, -0.25) is 4.79 Å². The molecule has 7 heteroatoms. The molecule has 3 aromatic rings. The normalized spacial score (nSPS) is 19.8. The van der Waals surface area contributed by atoms with Crippen LogP contribution < -0.4 is 11.1 Å². The Balaban J connectivity index is 1.65. The Morgan fingerprint density at radius 3 is 2.52 bits per heavy atom. The maximum Gasteiger partial charge on any atom is 0.236 e. The van der Waals surface area contributed by atoms with E-state index in [0.29, 0.717) is 23.2 Å². The molecule has 0 aliphatic heterocycles. The summed E-state index contributed by atoms with van der Waals surface area (Å²) in [5, 5.41) is 3.33. The number of nitrogens with two attached hydrogens (primary N) is 1. The molecule has 0 radical (unpaired) electrons. The van der Waals surface area contributed by atoms with E-state index in [0.717, 1.165) is 24.5 Å². The molecule has 0 unspecified atom stereocenters. The first-order chi connectivity index (χ1) is 13.8. The van der Waals surface area contributed by atoms with Crippen molar-refractivity contribution in [2.75, 3.05) is 6.54 Å². The number of carbonyl (C=O) groups excluding carboxylic acids is 1. The Hall–Kier alpha value is -2.80. The van der Waals surface area contributed by atoms with Gasteiger partial charge in [0.1, 0.15) is 17.5 Å². The summed E-state index contributed by atoms with van der Waals surface area (Å²) in [7, 11) is 0. The minimum absolute atomic E-state index is 0.0854. The number of fused-ring (bicyclic) bond motifs is 1. The molecule has 2 aromatic carbocycles. The van der Waals surface area contributed by atoms with Crippen LogP contribution in [0.15, 0.2) is 36.4 Å². The van der Waals surface area contributed by atoms with Crippen LogP contribution in [0, 0.1) is 23.4 Å². The van der Waals surface area contributed by atoms with Crippen LogP contribution in [0.2, 0.25) is 0 Å². The smallest absolute Gasteiger partial charge is 0.236 e. The van der Waals surface area contributed by atoms with Gasteiger partial charge in [0.05, 0.1) is 17.3 Å². The second-order valence-corrected chi connectivity index (χ2v) is 7.80. The number of halogens is 3. The summed E-state index contributed by atoms with van der Waals surface area (Å²) in [6.45, 7) is 2.15.